The smallest absolute Gasteiger partial charge is 0.257 e. The van der Waals surface area contributed by atoms with Crippen LogP contribution in [0.15, 0.2) is 41.9 Å². The lowest BCUT2D eigenvalue weighted by atomic mass is 10.1. The van der Waals surface area contributed by atoms with Gasteiger partial charge in [-0.1, -0.05) is 30.3 Å². The molecule has 2 heterocycles. The van der Waals surface area contributed by atoms with Crippen LogP contribution in [0.2, 0.25) is 0 Å². The molecule has 142 valence electrons. The standard InChI is InChI=1S/C20H24N4O2S/c1-14-17(15(2)23(3)22-14)12-24(13-18-21-10-11-27-18)20(25)19(26-4)16-8-6-5-7-9-16/h5-11,19H,12-13H2,1-4H3/t19-/m1/s1. The summed E-state index contributed by atoms with van der Waals surface area (Å²) in [7, 11) is 3.48. The summed E-state index contributed by atoms with van der Waals surface area (Å²) in [6, 6.07) is 9.57. The zero-order chi connectivity index (χ0) is 19.4. The summed E-state index contributed by atoms with van der Waals surface area (Å²) in [5.74, 6) is -0.0819. The Bertz CT molecular complexity index is 890. The van der Waals surface area contributed by atoms with E-state index in [1.807, 2.05) is 61.3 Å². The molecule has 3 rings (SSSR count). The molecule has 0 aliphatic heterocycles. The van der Waals surface area contributed by atoms with Crippen LogP contribution in [0.25, 0.3) is 0 Å². The average molecular weight is 385 g/mol. The molecule has 1 amide bonds. The zero-order valence-electron chi connectivity index (χ0n) is 16.0. The molecule has 0 unspecified atom stereocenters. The van der Waals surface area contributed by atoms with Gasteiger partial charge in [0.05, 0.1) is 12.2 Å². The van der Waals surface area contributed by atoms with Crippen LogP contribution < -0.4 is 0 Å². The summed E-state index contributed by atoms with van der Waals surface area (Å²) >= 11 is 1.54. The van der Waals surface area contributed by atoms with Gasteiger partial charge in [0.2, 0.25) is 0 Å². The number of amides is 1. The van der Waals surface area contributed by atoms with Crippen molar-refractivity contribution >= 4 is 17.2 Å². The first kappa shape index (κ1) is 19.3. The van der Waals surface area contributed by atoms with Gasteiger partial charge < -0.3 is 9.64 Å². The van der Waals surface area contributed by atoms with Crippen LogP contribution in [-0.4, -0.2) is 32.7 Å². The number of rotatable bonds is 7. The molecule has 0 saturated heterocycles. The minimum absolute atomic E-state index is 0.0819. The lowest BCUT2D eigenvalue weighted by molar-refractivity contribution is -0.143. The molecule has 7 heteroatoms. The third kappa shape index (κ3) is 4.26. The maximum atomic E-state index is 13.4. The van der Waals surface area contributed by atoms with Gasteiger partial charge in [0, 0.05) is 43.5 Å². The van der Waals surface area contributed by atoms with Gasteiger partial charge in [0.25, 0.3) is 5.91 Å². The second-order valence-corrected chi connectivity index (χ2v) is 7.40. The van der Waals surface area contributed by atoms with Gasteiger partial charge in [0.1, 0.15) is 5.01 Å². The third-order valence-electron chi connectivity index (χ3n) is 4.69. The highest BCUT2D eigenvalue weighted by atomic mass is 32.1. The second-order valence-electron chi connectivity index (χ2n) is 6.42. The number of benzene rings is 1. The molecule has 0 aliphatic rings. The van der Waals surface area contributed by atoms with Gasteiger partial charge in [0.15, 0.2) is 6.10 Å². The number of nitrogens with zero attached hydrogens (tertiary/aromatic N) is 4. The summed E-state index contributed by atoms with van der Waals surface area (Å²) in [6.07, 6.45) is 1.11. The molecular formula is C20H24N4O2S. The molecule has 0 bridgehead atoms. The zero-order valence-corrected chi connectivity index (χ0v) is 16.9. The monoisotopic (exact) mass is 384 g/mol. The Hall–Kier alpha value is -2.51. The van der Waals surface area contributed by atoms with Crippen molar-refractivity contribution in [3.05, 3.63) is 69.4 Å². The first-order valence-electron chi connectivity index (χ1n) is 8.75. The average Bonchev–Trinajstić information content (AvgIpc) is 3.26. The van der Waals surface area contributed by atoms with Crippen LogP contribution in [0.1, 0.15) is 33.6 Å². The van der Waals surface area contributed by atoms with Crippen LogP contribution in [0.4, 0.5) is 0 Å². The second kappa shape index (κ2) is 8.45. The molecule has 0 aliphatic carbocycles. The minimum Gasteiger partial charge on any atom is -0.367 e. The number of thiazole rings is 1. The maximum Gasteiger partial charge on any atom is 0.257 e. The molecule has 6 nitrogen and oxygen atoms in total. The predicted molar refractivity (Wildman–Crippen MR) is 105 cm³/mol. The van der Waals surface area contributed by atoms with E-state index in [9.17, 15) is 4.79 Å². The van der Waals surface area contributed by atoms with Gasteiger partial charge in [-0.25, -0.2) is 4.98 Å². The minimum atomic E-state index is -0.650. The number of hydrogen-bond acceptors (Lipinski definition) is 5. The lowest BCUT2D eigenvalue weighted by Crippen LogP contribution is -2.35. The summed E-state index contributed by atoms with van der Waals surface area (Å²) in [5, 5.41) is 7.29. The molecule has 0 radical (unpaired) electrons. The molecular weight excluding hydrogens is 360 g/mol. The predicted octanol–water partition coefficient (Wildman–Crippen LogP) is 3.41. The number of ether oxygens (including phenoxy) is 1. The van der Waals surface area contributed by atoms with Crippen LogP contribution >= 0.6 is 11.3 Å². The fourth-order valence-electron chi connectivity index (χ4n) is 3.12. The molecule has 0 saturated carbocycles. The SMILES string of the molecule is CO[C@@H](C(=O)N(Cc1nccs1)Cc1c(C)nn(C)c1C)c1ccccc1. The van der Waals surface area contributed by atoms with Crippen molar-refractivity contribution < 1.29 is 9.53 Å². The molecule has 0 N–H and O–H groups in total. The molecule has 0 spiro atoms. The number of methoxy groups -OCH3 is 1. The lowest BCUT2D eigenvalue weighted by Gasteiger charge is -2.26. The van der Waals surface area contributed by atoms with Gasteiger partial charge in [-0.3, -0.25) is 9.48 Å². The molecule has 3 aromatic rings. The summed E-state index contributed by atoms with van der Waals surface area (Å²) in [6.45, 7) is 4.90. The summed E-state index contributed by atoms with van der Waals surface area (Å²) in [4.78, 5) is 19.5. The van der Waals surface area contributed by atoms with E-state index in [4.69, 9.17) is 4.74 Å². The largest absolute Gasteiger partial charge is 0.367 e. The van der Waals surface area contributed by atoms with Crippen molar-refractivity contribution in [1.29, 1.82) is 0 Å². The van der Waals surface area contributed by atoms with Gasteiger partial charge in [-0.2, -0.15) is 5.10 Å². The maximum absolute atomic E-state index is 13.4. The van der Waals surface area contributed by atoms with Crippen molar-refractivity contribution in [2.24, 2.45) is 7.05 Å². The van der Waals surface area contributed by atoms with Gasteiger partial charge in [-0.15, -0.1) is 11.3 Å². The van der Waals surface area contributed by atoms with E-state index in [2.05, 4.69) is 10.1 Å². The number of aromatic nitrogens is 3. The van der Waals surface area contributed by atoms with E-state index in [-0.39, 0.29) is 5.91 Å². The van der Waals surface area contributed by atoms with E-state index in [1.165, 1.54) is 0 Å². The van der Waals surface area contributed by atoms with Crippen LogP contribution in [0.5, 0.6) is 0 Å². The Labute approximate surface area is 163 Å². The summed E-state index contributed by atoms with van der Waals surface area (Å²) < 4.78 is 7.42. The van der Waals surface area contributed by atoms with Crippen molar-refractivity contribution in [3.8, 4) is 0 Å². The Kier molecular flexibility index (Phi) is 6.03. The van der Waals surface area contributed by atoms with Gasteiger partial charge >= 0.3 is 0 Å². The highest BCUT2D eigenvalue weighted by Crippen LogP contribution is 2.24. The molecule has 2 aromatic heterocycles. The number of carbonyl (C=O) groups is 1. The van der Waals surface area contributed by atoms with Gasteiger partial charge in [-0.05, 0) is 19.4 Å². The highest BCUT2D eigenvalue weighted by molar-refractivity contribution is 7.09. The van der Waals surface area contributed by atoms with Crippen molar-refractivity contribution in [2.45, 2.75) is 33.0 Å². The molecule has 1 atom stereocenters. The Morgan fingerprint density at radius 2 is 2.00 bits per heavy atom. The number of carbonyl (C=O) groups excluding carboxylic acids is 1. The first-order valence-corrected chi connectivity index (χ1v) is 9.63. The van der Waals surface area contributed by atoms with Crippen molar-refractivity contribution in [2.75, 3.05) is 7.11 Å². The molecule has 0 fully saturated rings. The topological polar surface area (TPSA) is 60.2 Å². The first-order chi connectivity index (χ1) is 13.0. The normalized spacial score (nSPS) is 12.1. The Morgan fingerprint density at radius 3 is 2.56 bits per heavy atom. The van der Waals surface area contributed by atoms with Crippen LogP contribution in [0, 0.1) is 13.8 Å². The van der Waals surface area contributed by atoms with E-state index in [1.54, 1.807) is 29.5 Å². The van der Waals surface area contributed by atoms with Crippen molar-refractivity contribution in [3.63, 3.8) is 0 Å². The van der Waals surface area contributed by atoms with E-state index < -0.39 is 6.10 Å². The molecule has 27 heavy (non-hydrogen) atoms. The number of aryl methyl sites for hydroxylation is 2. The van der Waals surface area contributed by atoms with Crippen LogP contribution in [0.3, 0.4) is 0 Å². The van der Waals surface area contributed by atoms with E-state index >= 15 is 0 Å². The van der Waals surface area contributed by atoms with E-state index in [0.717, 1.165) is 27.5 Å². The van der Waals surface area contributed by atoms with Crippen molar-refractivity contribution in [1.82, 2.24) is 19.7 Å². The third-order valence-corrected chi connectivity index (χ3v) is 5.46. The molecule has 1 aromatic carbocycles. The van der Waals surface area contributed by atoms with Crippen LogP contribution in [-0.2, 0) is 29.7 Å². The fourth-order valence-corrected chi connectivity index (χ4v) is 3.75. The highest BCUT2D eigenvalue weighted by Gasteiger charge is 2.28. The van der Waals surface area contributed by atoms with E-state index in [0.29, 0.717) is 13.1 Å². The Morgan fingerprint density at radius 1 is 1.26 bits per heavy atom. The quantitative estimate of drug-likeness (QED) is 0.626. The summed E-state index contributed by atoms with van der Waals surface area (Å²) in [5.41, 5.74) is 3.89. The number of hydrogen-bond donors (Lipinski definition) is 0. The fraction of sp³-hybridized carbons (Fsp3) is 0.350. The Balaban J connectivity index is 1.92.